The average molecular weight is 382 g/mol. The molecule has 1 aromatic rings. The lowest BCUT2D eigenvalue weighted by atomic mass is 9.73. The molecule has 4 atom stereocenters. The summed E-state index contributed by atoms with van der Waals surface area (Å²) >= 11 is 0. The highest BCUT2D eigenvalue weighted by Gasteiger charge is 2.64. The van der Waals surface area contributed by atoms with Gasteiger partial charge in [0, 0.05) is 37.9 Å². The van der Waals surface area contributed by atoms with Crippen LogP contribution in [0.1, 0.15) is 26.2 Å². The largest absolute Gasteiger partial charge is 0.370 e. The Morgan fingerprint density at radius 2 is 2.12 bits per heavy atom. The van der Waals surface area contributed by atoms with Gasteiger partial charge in [-0.2, -0.15) is 4.31 Å². The first-order valence-electron chi connectivity index (χ1n) is 9.06. The van der Waals surface area contributed by atoms with Crippen molar-refractivity contribution in [2.75, 3.05) is 19.6 Å². The summed E-state index contributed by atoms with van der Waals surface area (Å²) < 4.78 is 46.7. The molecule has 0 aliphatic carbocycles. The molecule has 4 rings (SSSR count). The van der Waals surface area contributed by atoms with E-state index >= 15 is 0 Å². The van der Waals surface area contributed by atoms with Gasteiger partial charge in [0.25, 0.3) is 0 Å². The summed E-state index contributed by atoms with van der Waals surface area (Å²) in [4.78, 5) is 11.7. The maximum atomic E-state index is 13.1. The summed E-state index contributed by atoms with van der Waals surface area (Å²) in [5.41, 5.74) is -0.445. The second kappa shape index (κ2) is 6.28. The van der Waals surface area contributed by atoms with Crippen molar-refractivity contribution in [3.8, 4) is 0 Å². The number of nitrogens with one attached hydrogen (secondary N) is 1. The fourth-order valence-corrected chi connectivity index (χ4v) is 6.24. The number of fused-ring (bicyclic) bond motifs is 1. The number of rotatable bonds is 5. The van der Waals surface area contributed by atoms with Gasteiger partial charge in [-0.1, -0.05) is 6.92 Å². The Bertz CT molecular complexity index is 813. The lowest BCUT2D eigenvalue weighted by molar-refractivity contribution is -0.121. The van der Waals surface area contributed by atoms with Crippen LogP contribution in [0.2, 0.25) is 0 Å². The molecule has 3 heterocycles. The maximum absolute atomic E-state index is 13.1. The highest BCUT2D eigenvalue weighted by Crippen LogP contribution is 2.55. The SMILES string of the molecule is CCC(=O)NC[C@H]1[C@H]2CN(S(=O)(=O)c3ccc(F)cc3)C[C@]23CC[C@H]1O3. The van der Waals surface area contributed by atoms with Crippen molar-refractivity contribution in [2.45, 2.75) is 42.8 Å². The van der Waals surface area contributed by atoms with E-state index in [0.29, 0.717) is 26.1 Å². The van der Waals surface area contributed by atoms with Crippen molar-refractivity contribution < 1.29 is 22.3 Å². The number of hydrogen-bond acceptors (Lipinski definition) is 4. The minimum absolute atomic E-state index is 0.00406. The van der Waals surface area contributed by atoms with Gasteiger partial charge in [-0.25, -0.2) is 12.8 Å². The predicted octanol–water partition coefficient (Wildman–Crippen LogP) is 1.52. The Balaban J connectivity index is 1.54. The van der Waals surface area contributed by atoms with Crippen LogP contribution in [0.15, 0.2) is 29.2 Å². The van der Waals surface area contributed by atoms with Gasteiger partial charge in [-0.05, 0) is 37.1 Å². The Morgan fingerprint density at radius 1 is 1.38 bits per heavy atom. The molecule has 0 saturated carbocycles. The Morgan fingerprint density at radius 3 is 2.81 bits per heavy atom. The van der Waals surface area contributed by atoms with Gasteiger partial charge < -0.3 is 10.1 Å². The zero-order chi connectivity index (χ0) is 18.5. The maximum Gasteiger partial charge on any atom is 0.243 e. The average Bonchev–Trinajstić information content (AvgIpc) is 3.28. The van der Waals surface area contributed by atoms with Crippen molar-refractivity contribution in [3.05, 3.63) is 30.1 Å². The Labute approximate surface area is 152 Å². The topological polar surface area (TPSA) is 75.7 Å². The molecule has 0 unspecified atom stereocenters. The number of amides is 1. The number of carbonyl (C=O) groups excluding carboxylic acids is 1. The first kappa shape index (κ1) is 17.9. The zero-order valence-corrected chi connectivity index (χ0v) is 15.5. The molecule has 1 amide bonds. The highest BCUT2D eigenvalue weighted by atomic mass is 32.2. The van der Waals surface area contributed by atoms with E-state index in [-0.39, 0.29) is 28.7 Å². The molecular formula is C18H23FN2O4S. The minimum atomic E-state index is -3.69. The fraction of sp³-hybridized carbons (Fsp3) is 0.611. The number of ether oxygens (including phenoxy) is 1. The van der Waals surface area contributed by atoms with Gasteiger partial charge in [-0.15, -0.1) is 0 Å². The van der Waals surface area contributed by atoms with Gasteiger partial charge in [-0.3, -0.25) is 4.79 Å². The molecule has 6 nitrogen and oxygen atoms in total. The third-order valence-corrected chi connectivity index (χ3v) is 7.89. The molecule has 3 fully saturated rings. The third-order valence-electron chi connectivity index (χ3n) is 6.06. The first-order valence-corrected chi connectivity index (χ1v) is 10.5. The standard InChI is InChI=1S/C18H23FN2O4S/c1-2-17(22)20-9-14-15-10-21(11-18(15)8-7-16(14)25-18)26(23,24)13-5-3-12(19)4-6-13/h3-6,14-16H,2,7-11H2,1H3,(H,20,22)/t14-,15+,16+,18+/m0/s1. The quantitative estimate of drug-likeness (QED) is 0.838. The predicted molar refractivity (Wildman–Crippen MR) is 92.3 cm³/mol. The molecule has 3 saturated heterocycles. The lowest BCUT2D eigenvalue weighted by Gasteiger charge is -2.29. The number of benzene rings is 1. The zero-order valence-electron chi connectivity index (χ0n) is 14.7. The Kier molecular flexibility index (Phi) is 4.32. The molecule has 0 radical (unpaired) electrons. The van der Waals surface area contributed by atoms with Gasteiger partial charge in [0.1, 0.15) is 5.82 Å². The smallest absolute Gasteiger partial charge is 0.243 e. The summed E-state index contributed by atoms with van der Waals surface area (Å²) in [5.74, 6) is -0.258. The van der Waals surface area contributed by atoms with Crippen molar-refractivity contribution in [1.82, 2.24) is 9.62 Å². The molecule has 2 bridgehead atoms. The van der Waals surface area contributed by atoms with E-state index in [0.717, 1.165) is 25.0 Å². The highest BCUT2D eigenvalue weighted by molar-refractivity contribution is 7.89. The van der Waals surface area contributed by atoms with Crippen LogP contribution in [-0.2, 0) is 19.6 Å². The third kappa shape index (κ3) is 2.75. The van der Waals surface area contributed by atoms with Crippen molar-refractivity contribution in [3.63, 3.8) is 0 Å². The molecule has 26 heavy (non-hydrogen) atoms. The van der Waals surface area contributed by atoms with E-state index in [4.69, 9.17) is 4.74 Å². The molecule has 0 aromatic heterocycles. The van der Waals surface area contributed by atoms with Crippen LogP contribution in [0.4, 0.5) is 4.39 Å². The van der Waals surface area contributed by atoms with Crippen LogP contribution in [0.3, 0.4) is 0 Å². The van der Waals surface area contributed by atoms with Gasteiger partial charge in [0.05, 0.1) is 16.6 Å². The molecule has 3 aliphatic rings. The summed E-state index contributed by atoms with van der Waals surface area (Å²) in [6, 6.07) is 4.92. The van der Waals surface area contributed by atoms with E-state index in [9.17, 15) is 17.6 Å². The van der Waals surface area contributed by atoms with E-state index in [1.807, 2.05) is 0 Å². The molecule has 1 aromatic carbocycles. The minimum Gasteiger partial charge on any atom is -0.370 e. The van der Waals surface area contributed by atoms with Crippen LogP contribution >= 0.6 is 0 Å². The van der Waals surface area contributed by atoms with Crippen LogP contribution < -0.4 is 5.32 Å². The van der Waals surface area contributed by atoms with Crippen LogP contribution in [0.5, 0.6) is 0 Å². The number of sulfonamides is 1. The molecule has 3 aliphatic heterocycles. The molecule has 142 valence electrons. The summed E-state index contributed by atoms with van der Waals surface area (Å²) in [7, 11) is -3.69. The molecule has 8 heteroatoms. The van der Waals surface area contributed by atoms with Crippen LogP contribution in [0.25, 0.3) is 0 Å². The monoisotopic (exact) mass is 382 g/mol. The van der Waals surface area contributed by atoms with Gasteiger partial charge in [0.2, 0.25) is 15.9 Å². The van der Waals surface area contributed by atoms with E-state index < -0.39 is 21.4 Å². The van der Waals surface area contributed by atoms with E-state index in [1.54, 1.807) is 6.92 Å². The van der Waals surface area contributed by atoms with Crippen molar-refractivity contribution >= 4 is 15.9 Å². The summed E-state index contributed by atoms with van der Waals surface area (Å²) in [6.07, 6.45) is 2.26. The summed E-state index contributed by atoms with van der Waals surface area (Å²) in [6.45, 7) is 3.03. The van der Waals surface area contributed by atoms with E-state index in [2.05, 4.69) is 5.32 Å². The van der Waals surface area contributed by atoms with Gasteiger partial charge >= 0.3 is 0 Å². The normalized spacial score (nSPS) is 33.4. The molecule has 1 N–H and O–H groups in total. The number of carbonyl (C=O) groups is 1. The van der Waals surface area contributed by atoms with Crippen LogP contribution in [0, 0.1) is 17.7 Å². The number of nitrogens with zero attached hydrogens (tertiary/aromatic N) is 1. The molecular weight excluding hydrogens is 359 g/mol. The second-order valence-electron chi connectivity index (χ2n) is 7.44. The number of hydrogen-bond donors (Lipinski definition) is 1. The van der Waals surface area contributed by atoms with Gasteiger partial charge in [0.15, 0.2) is 0 Å². The second-order valence-corrected chi connectivity index (χ2v) is 9.38. The summed E-state index contributed by atoms with van der Waals surface area (Å²) in [5, 5.41) is 2.93. The fourth-order valence-electron chi connectivity index (χ4n) is 4.72. The van der Waals surface area contributed by atoms with Crippen molar-refractivity contribution in [2.24, 2.45) is 11.8 Å². The Hall–Kier alpha value is -1.51. The lowest BCUT2D eigenvalue weighted by Crippen LogP contribution is -2.41. The van der Waals surface area contributed by atoms with Crippen molar-refractivity contribution in [1.29, 1.82) is 0 Å². The first-order chi connectivity index (χ1) is 12.4. The number of halogens is 1. The van der Waals surface area contributed by atoms with E-state index in [1.165, 1.54) is 16.4 Å². The van der Waals surface area contributed by atoms with Crippen LogP contribution in [-0.4, -0.2) is 50.0 Å². The molecule has 1 spiro atoms.